The van der Waals surface area contributed by atoms with Crippen molar-refractivity contribution in [3.63, 3.8) is 0 Å². The summed E-state index contributed by atoms with van der Waals surface area (Å²) in [6.45, 7) is 6.61. The monoisotopic (exact) mass is 911 g/mol. The highest BCUT2D eigenvalue weighted by molar-refractivity contribution is 5.71. The highest BCUT2D eigenvalue weighted by Crippen LogP contribution is 2.16. The predicted molar refractivity (Wildman–Crippen MR) is 279 cm³/mol. The Morgan fingerprint density at radius 1 is 0.308 bits per heavy atom. The molecule has 0 aliphatic rings. The molecule has 0 spiro atoms. The fourth-order valence-electron chi connectivity index (χ4n) is 8.03. The number of hydrogen-bond acceptors (Lipinski definition) is 6. The van der Waals surface area contributed by atoms with Gasteiger partial charge < -0.3 is 14.2 Å². The van der Waals surface area contributed by atoms with E-state index >= 15 is 0 Å². The van der Waals surface area contributed by atoms with Crippen LogP contribution in [0.2, 0.25) is 0 Å². The molecule has 0 aliphatic heterocycles. The van der Waals surface area contributed by atoms with Gasteiger partial charge in [-0.25, -0.2) is 0 Å². The number of ether oxygens (including phenoxy) is 3. The van der Waals surface area contributed by atoms with Gasteiger partial charge in [0.05, 0.1) is 0 Å². The lowest BCUT2D eigenvalue weighted by molar-refractivity contribution is -0.167. The molecule has 0 bridgehead atoms. The van der Waals surface area contributed by atoms with E-state index in [2.05, 4.69) is 69.4 Å². The van der Waals surface area contributed by atoms with E-state index in [9.17, 15) is 14.4 Å². The first-order valence-electron chi connectivity index (χ1n) is 28.1. The van der Waals surface area contributed by atoms with Gasteiger partial charge in [-0.3, -0.25) is 14.4 Å². The number of rotatable bonds is 51. The third-order valence-electron chi connectivity index (χ3n) is 12.3. The smallest absolute Gasteiger partial charge is 0.306 e. The van der Waals surface area contributed by atoms with Crippen molar-refractivity contribution in [1.29, 1.82) is 0 Å². The Labute approximate surface area is 403 Å². The molecular weight excluding hydrogens is 805 g/mol. The summed E-state index contributed by atoms with van der Waals surface area (Å²) in [4.78, 5) is 38.1. The third-order valence-corrected chi connectivity index (χ3v) is 12.3. The third kappa shape index (κ3) is 52.2. The van der Waals surface area contributed by atoms with Gasteiger partial charge in [-0.2, -0.15) is 0 Å². The molecule has 0 aromatic carbocycles. The quantitative estimate of drug-likeness (QED) is 0.0262. The van der Waals surface area contributed by atoms with Crippen LogP contribution in [0, 0.1) is 0 Å². The second-order valence-electron chi connectivity index (χ2n) is 18.8. The second kappa shape index (κ2) is 54.0. The van der Waals surface area contributed by atoms with E-state index in [0.717, 1.165) is 83.5 Å². The maximum Gasteiger partial charge on any atom is 0.306 e. The van der Waals surface area contributed by atoms with Gasteiger partial charge in [0.15, 0.2) is 6.10 Å². The van der Waals surface area contributed by atoms with Gasteiger partial charge >= 0.3 is 17.9 Å². The van der Waals surface area contributed by atoms with Crippen molar-refractivity contribution in [2.45, 2.75) is 297 Å². The molecule has 0 fully saturated rings. The van der Waals surface area contributed by atoms with Crippen molar-refractivity contribution < 1.29 is 28.6 Å². The van der Waals surface area contributed by atoms with Gasteiger partial charge in [0.25, 0.3) is 0 Å². The molecule has 0 saturated carbocycles. The topological polar surface area (TPSA) is 78.9 Å². The van der Waals surface area contributed by atoms with Gasteiger partial charge in [-0.15, -0.1) is 0 Å². The van der Waals surface area contributed by atoms with Crippen molar-refractivity contribution >= 4 is 17.9 Å². The summed E-state index contributed by atoms with van der Waals surface area (Å²) < 4.78 is 16.8. The first kappa shape index (κ1) is 62.4. The van der Waals surface area contributed by atoms with E-state index in [1.54, 1.807) is 0 Å². The molecule has 0 radical (unpaired) electrons. The van der Waals surface area contributed by atoms with E-state index < -0.39 is 6.10 Å². The Morgan fingerprint density at radius 3 is 0.923 bits per heavy atom. The number of carbonyl (C=O) groups excluding carboxylic acids is 3. The minimum atomic E-state index is -0.779. The van der Waals surface area contributed by atoms with Crippen LogP contribution >= 0.6 is 0 Å². The molecule has 0 aromatic rings. The van der Waals surface area contributed by atoms with E-state index in [1.807, 2.05) is 0 Å². The standard InChI is InChI=1S/C59H106O6/c1-4-7-10-13-16-19-22-25-27-28-29-30-32-34-37-40-43-46-49-52-58(61)64-55-56(54-63-57(60)51-48-45-42-39-36-33-24-21-18-15-12-9-6-3)65-59(62)53-50-47-44-41-38-35-31-26-23-20-17-14-11-8-5-2/h16,19,21,24-25,27,29-30,56H,4-15,17-18,20,22-23,26,28,31-55H2,1-3H3/b19-16-,24-21-,27-25-,30-29-. The zero-order valence-corrected chi connectivity index (χ0v) is 43.3. The minimum Gasteiger partial charge on any atom is -0.462 e. The number of unbranched alkanes of at least 4 members (excludes halogenated alkanes) is 32. The summed E-state index contributed by atoms with van der Waals surface area (Å²) >= 11 is 0. The number of esters is 3. The maximum absolute atomic E-state index is 12.8. The molecule has 378 valence electrons. The van der Waals surface area contributed by atoms with Gasteiger partial charge in [0.2, 0.25) is 0 Å². The average Bonchev–Trinajstić information content (AvgIpc) is 3.30. The lowest BCUT2D eigenvalue weighted by Gasteiger charge is -2.18. The Balaban J connectivity index is 4.37. The van der Waals surface area contributed by atoms with Crippen LogP contribution in [0.4, 0.5) is 0 Å². The van der Waals surface area contributed by atoms with Gasteiger partial charge in [0, 0.05) is 19.3 Å². The zero-order valence-electron chi connectivity index (χ0n) is 43.3. The Hall–Kier alpha value is -2.63. The highest BCUT2D eigenvalue weighted by Gasteiger charge is 2.19. The number of hydrogen-bond donors (Lipinski definition) is 0. The van der Waals surface area contributed by atoms with E-state index in [1.165, 1.54) is 167 Å². The molecular formula is C59H106O6. The minimum absolute atomic E-state index is 0.0791. The molecule has 1 atom stereocenters. The fraction of sp³-hybridized carbons (Fsp3) is 0.814. The lowest BCUT2D eigenvalue weighted by Crippen LogP contribution is -2.30. The van der Waals surface area contributed by atoms with Crippen molar-refractivity contribution in [2.75, 3.05) is 13.2 Å². The Bertz CT molecular complexity index is 1140. The summed E-state index contributed by atoms with van der Waals surface area (Å²) in [6, 6.07) is 0. The SMILES string of the molecule is CCCCC/C=C\C/C=C\C/C=C\CCCCCCCCC(=O)OCC(COC(=O)CCCCCCC/C=C\CCCCCC)OC(=O)CCCCCCCCCCCCCCCCC. The molecule has 0 aromatic heterocycles. The molecule has 0 aliphatic carbocycles. The predicted octanol–water partition coefficient (Wildman–Crippen LogP) is 18.7. The van der Waals surface area contributed by atoms with Gasteiger partial charge in [-0.1, -0.05) is 236 Å². The van der Waals surface area contributed by atoms with Crippen LogP contribution in [0.3, 0.4) is 0 Å². The van der Waals surface area contributed by atoms with E-state index in [0.29, 0.717) is 19.3 Å². The Morgan fingerprint density at radius 2 is 0.554 bits per heavy atom. The van der Waals surface area contributed by atoms with Crippen molar-refractivity contribution in [3.05, 3.63) is 48.6 Å². The molecule has 6 heteroatoms. The van der Waals surface area contributed by atoms with Crippen molar-refractivity contribution in [2.24, 2.45) is 0 Å². The Kier molecular flexibility index (Phi) is 51.8. The van der Waals surface area contributed by atoms with Crippen LogP contribution in [0.1, 0.15) is 290 Å². The largest absolute Gasteiger partial charge is 0.462 e. The highest BCUT2D eigenvalue weighted by atomic mass is 16.6. The first-order valence-corrected chi connectivity index (χ1v) is 28.1. The lowest BCUT2D eigenvalue weighted by atomic mass is 10.0. The van der Waals surface area contributed by atoms with Crippen LogP contribution < -0.4 is 0 Å². The molecule has 0 rings (SSSR count). The van der Waals surface area contributed by atoms with Gasteiger partial charge in [-0.05, 0) is 83.5 Å². The van der Waals surface area contributed by atoms with Gasteiger partial charge in [0.1, 0.15) is 13.2 Å². The van der Waals surface area contributed by atoms with Crippen molar-refractivity contribution in [1.82, 2.24) is 0 Å². The molecule has 0 heterocycles. The normalized spacial score (nSPS) is 12.4. The van der Waals surface area contributed by atoms with Crippen LogP contribution in [0.25, 0.3) is 0 Å². The molecule has 6 nitrogen and oxygen atoms in total. The van der Waals surface area contributed by atoms with Crippen molar-refractivity contribution in [3.8, 4) is 0 Å². The molecule has 0 amide bonds. The van der Waals surface area contributed by atoms with E-state index in [4.69, 9.17) is 14.2 Å². The maximum atomic E-state index is 12.8. The summed E-state index contributed by atoms with van der Waals surface area (Å²) in [5.41, 5.74) is 0. The molecule has 0 N–H and O–H groups in total. The summed E-state index contributed by atoms with van der Waals surface area (Å²) in [5, 5.41) is 0. The molecule has 0 saturated heterocycles. The van der Waals surface area contributed by atoms with Crippen LogP contribution in [0.15, 0.2) is 48.6 Å². The summed E-state index contributed by atoms with van der Waals surface area (Å²) in [5.74, 6) is -0.887. The molecule has 1 unspecified atom stereocenters. The first-order chi connectivity index (χ1) is 32.0. The zero-order chi connectivity index (χ0) is 47.2. The fourth-order valence-corrected chi connectivity index (χ4v) is 8.03. The number of allylic oxidation sites excluding steroid dienone is 8. The van der Waals surface area contributed by atoms with Crippen LogP contribution in [-0.4, -0.2) is 37.2 Å². The summed E-state index contributed by atoms with van der Waals surface area (Å²) in [6.07, 6.45) is 65.2. The second-order valence-corrected chi connectivity index (χ2v) is 18.8. The van der Waals surface area contributed by atoms with Crippen LogP contribution in [-0.2, 0) is 28.6 Å². The summed E-state index contributed by atoms with van der Waals surface area (Å²) in [7, 11) is 0. The average molecular weight is 911 g/mol. The molecule has 65 heavy (non-hydrogen) atoms. The van der Waals surface area contributed by atoms with Crippen LogP contribution in [0.5, 0.6) is 0 Å². The number of carbonyl (C=O) groups is 3. The van der Waals surface area contributed by atoms with E-state index in [-0.39, 0.29) is 31.1 Å².